The molecule has 0 radical (unpaired) electrons. The smallest absolute Gasteiger partial charge is 0.343 e. The van der Waals surface area contributed by atoms with Crippen LogP contribution in [0.25, 0.3) is 0 Å². The van der Waals surface area contributed by atoms with Crippen molar-refractivity contribution in [1.82, 2.24) is 0 Å². The molecule has 0 spiro atoms. The van der Waals surface area contributed by atoms with Crippen LogP contribution >= 0.6 is 0 Å². The molecule has 3 rings (SSSR count). The Bertz CT molecular complexity index is 1460. The lowest BCUT2D eigenvalue weighted by atomic mass is 10.1. The summed E-state index contributed by atoms with van der Waals surface area (Å²) in [6, 6.07) is 17.0. The predicted molar refractivity (Wildman–Crippen MR) is 175 cm³/mol. The lowest BCUT2D eigenvalue weighted by Gasteiger charge is -2.12. The molecule has 0 aliphatic rings. The van der Waals surface area contributed by atoms with Crippen LogP contribution in [0, 0.1) is 0 Å². The molecule has 0 fully saturated rings. The number of carbonyl (C=O) groups is 4. The summed E-state index contributed by atoms with van der Waals surface area (Å²) in [6.45, 7) is 6.82. The minimum absolute atomic E-state index is 0.0639. The van der Waals surface area contributed by atoms with Crippen molar-refractivity contribution in [1.29, 1.82) is 0 Å². The van der Waals surface area contributed by atoms with E-state index in [4.69, 9.17) is 28.4 Å². The van der Waals surface area contributed by atoms with Crippen molar-refractivity contribution in [2.24, 2.45) is 0 Å². The molecule has 0 aromatic heterocycles. The van der Waals surface area contributed by atoms with Crippen molar-refractivity contribution in [3.05, 3.63) is 96.1 Å². The maximum atomic E-state index is 12.9. The second-order valence-corrected chi connectivity index (χ2v) is 10.5. The summed E-state index contributed by atoms with van der Waals surface area (Å²) in [6.07, 6.45) is 9.43. The van der Waals surface area contributed by atoms with Gasteiger partial charge in [-0.05, 0) is 86.0 Å². The first-order valence-electron chi connectivity index (χ1n) is 15.8. The first kappa shape index (κ1) is 36.3. The van der Waals surface area contributed by atoms with Gasteiger partial charge in [-0.3, -0.25) is 0 Å². The Morgan fingerprint density at radius 1 is 0.617 bits per heavy atom. The highest BCUT2D eigenvalue weighted by atomic mass is 16.6. The fourth-order valence-electron chi connectivity index (χ4n) is 4.33. The normalized spacial score (nSPS) is 10.4. The van der Waals surface area contributed by atoms with Crippen molar-refractivity contribution in [3.8, 4) is 23.0 Å². The summed E-state index contributed by atoms with van der Waals surface area (Å²) >= 11 is 0. The molecule has 0 atom stereocenters. The molecule has 47 heavy (non-hydrogen) atoms. The van der Waals surface area contributed by atoms with Crippen molar-refractivity contribution < 1.29 is 47.6 Å². The molecule has 3 aromatic carbocycles. The van der Waals surface area contributed by atoms with E-state index >= 15 is 0 Å². The molecule has 3 aromatic rings. The maximum Gasteiger partial charge on any atom is 0.343 e. The van der Waals surface area contributed by atoms with E-state index in [0.717, 1.165) is 18.9 Å². The van der Waals surface area contributed by atoms with Gasteiger partial charge in [0.2, 0.25) is 0 Å². The number of esters is 4. The standard InChI is InChI=1S/C37H42O10/c1-4-6-7-8-9-10-23-43-29-17-13-27(14-18-29)35(39)46-31-21-22-33(32(26-31)37(41)42-3)47-36(40)28-15-19-30(20-16-28)44-24-11-12-25-45-34(38)5-2/h5,13-22,26H,2,4,6-12,23-25H2,1,3H3. The molecule has 10 heteroatoms. The molecule has 250 valence electrons. The number of benzene rings is 3. The summed E-state index contributed by atoms with van der Waals surface area (Å²) in [7, 11) is 1.19. The van der Waals surface area contributed by atoms with E-state index < -0.39 is 23.9 Å². The van der Waals surface area contributed by atoms with Crippen LogP contribution in [0.5, 0.6) is 23.0 Å². The summed E-state index contributed by atoms with van der Waals surface area (Å²) in [4.78, 5) is 49.2. The number of carbonyl (C=O) groups excluding carboxylic acids is 4. The Balaban J connectivity index is 1.53. The summed E-state index contributed by atoms with van der Waals surface area (Å²) < 4.78 is 32.2. The number of methoxy groups -OCH3 is 1. The minimum atomic E-state index is -0.777. The van der Waals surface area contributed by atoms with Gasteiger partial charge < -0.3 is 28.4 Å². The maximum absolute atomic E-state index is 12.9. The third-order valence-corrected chi connectivity index (χ3v) is 6.93. The summed E-state index contributed by atoms with van der Waals surface area (Å²) in [5.41, 5.74) is 0.427. The zero-order valence-corrected chi connectivity index (χ0v) is 27.0. The van der Waals surface area contributed by atoms with E-state index in [1.165, 1.54) is 63.1 Å². The van der Waals surface area contributed by atoms with Gasteiger partial charge in [-0.1, -0.05) is 45.6 Å². The first-order valence-corrected chi connectivity index (χ1v) is 15.8. The third-order valence-electron chi connectivity index (χ3n) is 6.93. The largest absolute Gasteiger partial charge is 0.494 e. The quantitative estimate of drug-likeness (QED) is 0.0526. The van der Waals surface area contributed by atoms with Crippen molar-refractivity contribution in [2.45, 2.75) is 58.3 Å². The van der Waals surface area contributed by atoms with E-state index in [1.807, 2.05) is 0 Å². The van der Waals surface area contributed by atoms with Crippen molar-refractivity contribution in [2.75, 3.05) is 26.9 Å². The van der Waals surface area contributed by atoms with E-state index in [2.05, 4.69) is 13.5 Å². The highest BCUT2D eigenvalue weighted by Gasteiger charge is 2.20. The van der Waals surface area contributed by atoms with E-state index in [1.54, 1.807) is 36.4 Å². The number of unbranched alkanes of at least 4 members (excludes halogenated alkanes) is 6. The monoisotopic (exact) mass is 646 g/mol. The van der Waals surface area contributed by atoms with Gasteiger partial charge >= 0.3 is 23.9 Å². The Kier molecular flexibility index (Phi) is 15.5. The molecule has 0 saturated carbocycles. The second-order valence-electron chi connectivity index (χ2n) is 10.5. The van der Waals surface area contributed by atoms with Gasteiger partial charge in [0, 0.05) is 6.08 Å². The van der Waals surface area contributed by atoms with Crippen LogP contribution in [-0.2, 0) is 14.3 Å². The molecule has 10 nitrogen and oxygen atoms in total. The third kappa shape index (κ3) is 12.7. The zero-order valence-electron chi connectivity index (χ0n) is 27.0. The zero-order chi connectivity index (χ0) is 33.9. The Labute approximate surface area is 275 Å². The average Bonchev–Trinajstić information content (AvgIpc) is 3.09. The van der Waals surface area contributed by atoms with Gasteiger partial charge in [-0.15, -0.1) is 0 Å². The van der Waals surface area contributed by atoms with Crippen LogP contribution in [-0.4, -0.2) is 50.8 Å². The van der Waals surface area contributed by atoms with Crippen LogP contribution in [0.1, 0.15) is 89.4 Å². The summed E-state index contributed by atoms with van der Waals surface area (Å²) in [5, 5.41) is 0. The fourth-order valence-corrected chi connectivity index (χ4v) is 4.33. The van der Waals surface area contributed by atoms with Gasteiger partial charge in [0.15, 0.2) is 0 Å². The van der Waals surface area contributed by atoms with Crippen molar-refractivity contribution >= 4 is 23.9 Å². The first-order chi connectivity index (χ1) is 22.8. The molecule has 0 aliphatic heterocycles. The molecule has 0 N–H and O–H groups in total. The number of ether oxygens (including phenoxy) is 6. The molecule has 0 bridgehead atoms. The van der Waals surface area contributed by atoms with Crippen LogP contribution in [0.4, 0.5) is 0 Å². The molecule has 0 saturated heterocycles. The predicted octanol–water partition coefficient (Wildman–Crippen LogP) is 7.54. The van der Waals surface area contributed by atoms with Crippen LogP contribution < -0.4 is 18.9 Å². The molecule has 0 heterocycles. The van der Waals surface area contributed by atoms with E-state index in [0.29, 0.717) is 43.1 Å². The highest BCUT2D eigenvalue weighted by Crippen LogP contribution is 2.27. The minimum Gasteiger partial charge on any atom is -0.494 e. The topological polar surface area (TPSA) is 124 Å². The number of hydrogen-bond donors (Lipinski definition) is 0. The SMILES string of the molecule is C=CC(=O)OCCCCOc1ccc(C(=O)Oc2ccc(OC(=O)c3ccc(OCCCCCCCC)cc3)cc2C(=O)OC)cc1. The van der Waals surface area contributed by atoms with Gasteiger partial charge in [0.1, 0.15) is 28.6 Å². The van der Waals surface area contributed by atoms with Crippen molar-refractivity contribution in [3.63, 3.8) is 0 Å². The van der Waals surface area contributed by atoms with E-state index in [-0.39, 0.29) is 29.2 Å². The number of hydrogen-bond acceptors (Lipinski definition) is 10. The Morgan fingerprint density at radius 2 is 1.13 bits per heavy atom. The molecular weight excluding hydrogens is 604 g/mol. The molecule has 0 unspecified atom stereocenters. The van der Waals surface area contributed by atoms with Gasteiger partial charge in [-0.25, -0.2) is 19.2 Å². The molecular formula is C37H42O10. The molecule has 0 aliphatic carbocycles. The van der Waals surface area contributed by atoms with Crippen LogP contribution in [0.2, 0.25) is 0 Å². The van der Waals surface area contributed by atoms with E-state index in [9.17, 15) is 19.2 Å². The fraction of sp³-hybridized carbons (Fsp3) is 0.351. The highest BCUT2D eigenvalue weighted by molar-refractivity contribution is 5.97. The number of rotatable bonds is 20. The van der Waals surface area contributed by atoms with Gasteiger partial charge in [0.25, 0.3) is 0 Å². The molecule has 0 amide bonds. The van der Waals surface area contributed by atoms with Crippen LogP contribution in [0.3, 0.4) is 0 Å². The second kappa shape index (κ2) is 20.1. The Morgan fingerprint density at radius 3 is 1.70 bits per heavy atom. The van der Waals surface area contributed by atoms with Gasteiger partial charge in [0.05, 0.1) is 38.1 Å². The lowest BCUT2D eigenvalue weighted by molar-refractivity contribution is -0.137. The van der Waals surface area contributed by atoms with Crippen LogP contribution in [0.15, 0.2) is 79.4 Å². The summed E-state index contributed by atoms with van der Waals surface area (Å²) in [5.74, 6) is -1.38. The van der Waals surface area contributed by atoms with Gasteiger partial charge in [-0.2, -0.15) is 0 Å². The lowest BCUT2D eigenvalue weighted by Crippen LogP contribution is -2.13. The average molecular weight is 647 g/mol. The Hall–Kier alpha value is -5.12.